The normalized spacial score (nSPS) is 17.7. The van der Waals surface area contributed by atoms with Gasteiger partial charge in [-0.25, -0.2) is 4.39 Å². The van der Waals surface area contributed by atoms with Crippen molar-refractivity contribution in [1.29, 1.82) is 0 Å². The molecule has 0 bridgehead atoms. The zero-order valence-electron chi connectivity index (χ0n) is 17.3. The van der Waals surface area contributed by atoms with Crippen molar-refractivity contribution in [1.82, 2.24) is 14.8 Å². The van der Waals surface area contributed by atoms with Crippen LogP contribution >= 0.6 is 0 Å². The summed E-state index contributed by atoms with van der Waals surface area (Å²) < 4.78 is 13.1. The number of nitrogens with one attached hydrogen (secondary N) is 1. The predicted molar refractivity (Wildman–Crippen MR) is 117 cm³/mol. The lowest BCUT2D eigenvalue weighted by atomic mass is 9.95. The molecule has 1 saturated heterocycles. The summed E-state index contributed by atoms with van der Waals surface area (Å²) in [6.45, 7) is 4.09. The molecule has 0 saturated carbocycles. The average Bonchev–Trinajstić information content (AvgIpc) is 2.98. The molecule has 2 aliphatic rings. The van der Waals surface area contributed by atoms with Crippen LogP contribution in [0.25, 0.3) is 10.9 Å². The standard InChI is InChI=1S/C25H28FN3O/c26-20-9-6-18(7-10-20)17-28-12-3-13-29(15-14-28)25(30)19-8-11-24-22(16-19)21-4-1-2-5-23(21)27-24/h6-11,16,27H,1-5,12-15,17H2. The van der Waals surface area contributed by atoms with Gasteiger partial charge in [0, 0.05) is 54.9 Å². The van der Waals surface area contributed by atoms with Gasteiger partial charge in [-0.05, 0) is 73.6 Å². The monoisotopic (exact) mass is 405 g/mol. The third-order valence-corrected chi connectivity index (χ3v) is 6.54. The summed E-state index contributed by atoms with van der Waals surface area (Å²) in [5.41, 5.74) is 5.82. The fraction of sp³-hybridized carbons (Fsp3) is 0.400. The Labute approximate surface area is 176 Å². The Morgan fingerprint density at radius 3 is 2.63 bits per heavy atom. The van der Waals surface area contributed by atoms with Gasteiger partial charge < -0.3 is 9.88 Å². The fourth-order valence-corrected chi connectivity index (χ4v) is 4.90. The molecule has 0 spiro atoms. The number of aromatic amines is 1. The number of carbonyl (C=O) groups excluding carboxylic acids is 1. The first-order valence-electron chi connectivity index (χ1n) is 11.1. The first kappa shape index (κ1) is 19.3. The highest BCUT2D eigenvalue weighted by Crippen LogP contribution is 2.30. The Morgan fingerprint density at radius 1 is 0.933 bits per heavy atom. The minimum atomic E-state index is -0.202. The molecule has 5 heteroatoms. The van der Waals surface area contributed by atoms with Gasteiger partial charge in [0.15, 0.2) is 0 Å². The molecular weight excluding hydrogens is 377 g/mol. The number of hydrogen-bond donors (Lipinski definition) is 1. The minimum absolute atomic E-state index is 0.131. The van der Waals surface area contributed by atoms with Crippen LogP contribution in [-0.2, 0) is 19.4 Å². The first-order valence-corrected chi connectivity index (χ1v) is 11.1. The van der Waals surface area contributed by atoms with Gasteiger partial charge in [0.1, 0.15) is 5.82 Å². The molecular formula is C25H28FN3O. The molecule has 0 unspecified atom stereocenters. The first-order chi connectivity index (χ1) is 14.7. The number of rotatable bonds is 3. The summed E-state index contributed by atoms with van der Waals surface area (Å²) in [6.07, 6.45) is 5.65. The molecule has 1 N–H and O–H groups in total. The zero-order valence-corrected chi connectivity index (χ0v) is 17.3. The van der Waals surface area contributed by atoms with Gasteiger partial charge in [0.05, 0.1) is 0 Å². The Balaban J connectivity index is 1.28. The van der Waals surface area contributed by atoms with Gasteiger partial charge in [-0.2, -0.15) is 0 Å². The molecule has 156 valence electrons. The minimum Gasteiger partial charge on any atom is -0.358 e. The van der Waals surface area contributed by atoms with Crippen molar-refractivity contribution < 1.29 is 9.18 Å². The van der Waals surface area contributed by atoms with E-state index in [2.05, 4.69) is 22.0 Å². The van der Waals surface area contributed by atoms with Gasteiger partial charge >= 0.3 is 0 Å². The molecule has 1 fully saturated rings. The molecule has 4 nitrogen and oxygen atoms in total. The van der Waals surface area contributed by atoms with E-state index in [4.69, 9.17) is 0 Å². The molecule has 1 aliphatic heterocycles. The number of fused-ring (bicyclic) bond motifs is 3. The number of amides is 1. The van der Waals surface area contributed by atoms with Crippen molar-refractivity contribution in [3.05, 3.63) is 70.7 Å². The van der Waals surface area contributed by atoms with E-state index in [-0.39, 0.29) is 11.7 Å². The van der Waals surface area contributed by atoms with Crippen LogP contribution in [0.4, 0.5) is 4.39 Å². The van der Waals surface area contributed by atoms with Crippen molar-refractivity contribution in [2.75, 3.05) is 26.2 Å². The predicted octanol–water partition coefficient (Wildman–Crippen LogP) is 4.53. The van der Waals surface area contributed by atoms with Crippen LogP contribution in [-0.4, -0.2) is 46.9 Å². The molecule has 2 aromatic carbocycles. The molecule has 1 aromatic heterocycles. The van der Waals surface area contributed by atoms with Crippen molar-refractivity contribution in [2.45, 2.75) is 38.6 Å². The third-order valence-electron chi connectivity index (χ3n) is 6.54. The lowest BCUT2D eigenvalue weighted by Crippen LogP contribution is -2.35. The number of aromatic nitrogens is 1. The number of carbonyl (C=O) groups is 1. The zero-order chi connectivity index (χ0) is 20.5. The number of aryl methyl sites for hydroxylation is 2. The summed E-state index contributed by atoms with van der Waals surface area (Å²) >= 11 is 0. The lowest BCUT2D eigenvalue weighted by Gasteiger charge is -2.22. The van der Waals surface area contributed by atoms with E-state index in [1.807, 2.05) is 23.1 Å². The van der Waals surface area contributed by atoms with E-state index in [0.29, 0.717) is 0 Å². The van der Waals surface area contributed by atoms with E-state index in [9.17, 15) is 9.18 Å². The third kappa shape index (κ3) is 3.86. The van der Waals surface area contributed by atoms with Crippen LogP contribution in [0, 0.1) is 5.82 Å². The van der Waals surface area contributed by atoms with Crippen LogP contribution in [0.3, 0.4) is 0 Å². The summed E-state index contributed by atoms with van der Waals surface area (Å²) in [4.78, 5) is 21.1. The lowest BCUT2D eigenvalue weighted by molar-refractivity contribution is 0.0761. The number of nitrogens with zero attached hydrogens (tertiary/aromatic N) is 2. The van der Waals surface area contributed by atoms with Crippen molar-refractivity contribution in [3.63, 3.8) is 0 Å². The largest absolute Gasteiger partial charge is 0.358 e. The highest BCUT2D eigenvalue weighted by atomic mass is 19.1. The van der Waals surface area contributed by atoms with Crippen LogP contribution in [0.5, 0.6) is 0 Å². The number of H-pyrrole nitrogens is 1. The Hall–Kier alpha value is -2.66. The van der Waals surface area contributed by atoms with Crippen molar-refractivity contribution >= 4 is 16.8 Å². The van der Waals surface area contributed by atoms with Crippen LogP contribution in [0.15, 0.2) is 42.5 Å². The second-order valence-corrected chi connectivity index (χ2v) is 8.60. The summed E-state index contributed by atoms with van der Waals surface area (Å²) in [5, 5.41) is 1.23. The summed E-state index contributed by atoms with van der Waals surface area (Å²) in [7, 11) is 0. The molecule has 5 rings (SSSR count). The Kier molecular flexibility index (Phi) is 5.30. The van der Waals surface area contributed by atoms with Crippen molar-refractivity contribution in [3.8, 4) is 0 Å². The van der Waals surface area contributed by atoms with E-state index in [1.54, 1.807) is 0 Å². The Morgan fingerprint density at radius 2 is 1.77 bits per heavy atom. The molecule has 0 radical (unpaired) electrons. The molecule has 1 aliphatic carbocycles. The number of halogens is 1. The van der Waals surface area contributed by atoms with Gasteiger partial charge in [-0.3, -0.25) is 9.69 Å². The van der Waals surface area contributed by atoms with E-state index in [0.717, 1.165) is 68.6 Å². The smallest absolute Gasteiger partial charge is 0.253 e. The molecule has 2 heterocycles. The number of hydrogen-bond acceptors (Lipinski definition) is 2. The van der Waals surface area contributed by atoms with Crippen LogP contribution in [0.1, 0.15) is 46.4 Å². The maximum Gasteiger partial charge on any atom is 0.253 e. The molecule has 30 heavy (non-hydrogen) atoms. The summed E-state index contributed by atoms with van der Waals surface area (Å²) in [6, 6.07) is 12.8. The second-order valence-electron chi connectivity index (χ2n) is 8.60. The summed E-state index contributed by atoms with van der Waals surface area (Å²) in [5.74, 6) is -0.0710. The topological polar surface area (TPSA) is 39.3 Å². The fourth-order valence-electron chi connectivity index (χ4n) is 4.90. The van der Waals surface area contributed by atoms with Gasteiger partial charge in [0.25, 0.3) is 5.91 Å². The average molecular weight is 406 g/mol. The highest BCUT2D eigenvalue weighted by molar-refractivity contribution is 5.99. The maximum absolute atomic E-state index is 13.2. The molecule has 1 amide bonds. The van der Waals surface area contributed by atoms with Crippen LogP contribution < -0.4 is 0 Å². The van der Waals surface area contributed by atoms with Gasteiger partial charge in [-0.1, -0.05) is 12.1 Å². The Bertz CT molecular complexity index is 1060. The van der Waals surface area contributed by atoms with E-state index >= 15 is 0 Å². The number of benzene rings is 2. The van der Waals surface area contributed by atoms with E-state index < -0.39 is 0 Å². The molecule has 0 atom stereocenters. The van der Waals surface area contributed by atoms with E-state index in [1.165, 1.54) is 41.6 Å². The highest BCUT2D eigenvalue weighted by Gasteiger charge is 2.22. The van der Waals surface area contributed by atoms with Gasteiger partial charge in [-0.15, -0.1) is 0 Å². The van der Waals surface area contributed by atoms with Crippen LogP contribution in [0.2, 0.25) is 0 Å². The quantitative estimate of drug-likeness (QED) is 0.695. The SMILES string of the molecule is O=C(c1ccc2[nH]c3c(c2c1)CCCC3)N1CCCN(Cc2ccc(F)cc2)CC1. The molecule has 3 aromatic rings. The van der Waals surface area contributed by atoms with Gasteiger partial charge in [0.2, 0.25) is 0 Å². The second kappa shape index (κ2) is 8.23. The maximum atomic E-state index is 13.2. The van der Waals surface area contributed by atoms with Crippen molar-refractivity contribution in [2.24, 2.45) is 0 Å².